The summed E-state index contributed by atoms with van der Waals surface area (Å²) in [5.41, 5.74) is -0.689. The Bertz CT molecular complexity index is 1020. The first-order chi connectivity index (χ1) is 14.6. The topological polar surface area (TPSA) is 84.9 Å². The van der Waals surface area contributed by atoms with Crippen LogP contribution in [0.15, 0.2) is 48.6 Å². The molecule has 4 rings (SSSR count). The van der Waals surface area contributed by atoms with E-state index in [0.717, 1.165) is 12.1 Å². The Morgan fingerprint density at radius 3 is 2.35 bits per heavy atom. The smallest absolute Gasteiger partial charge is 0.416 e. The van der Waals surface area contributed by atoms with Crippen LogP contribution in [0.4, 0.5) is 13.2 Å². The van der Waals surface area contributed by atoms with Gasteiger partial charge in [0.15, 0.2) is 0 Å². The van der Waals surface area contributed by atoms with Crippen LogP contribution in [0, 0.1) is 0 Å². The Kier molecular flexibility index (Phi) is 6.74. The van der Waals surface area contributed by atoms with Crippen molar-refractivity contribution in [2.75, 3.05) is 13.2 Å². The van der Waals surface area contributed by atoms with Gasteiger partial charge in [0.2, 0.25) is 0 Å². The molecule has 2 heterocycles. The maximum atomic E-state index is 13.1. The number of carbonyl (C=O) groups is 2. The minimum atomic E-state index is -4.64. The van der Waals surface area contributed by atoms with E-state index in [4.69, 9.17) is 21.1 Å². The summed E-state index contributed by atoms with van der Waals surface area (Å²) >= 11 is 6.17. The van der Waals surface area contributed by atoms with Gasteiger partial charge >= 0.3 is 12.1 Å². The van der Waals surface area contributed by atoms with E-state index in [9.17, 15) is 27.9 Å². The lowest BCUT2D eigenvalue weighted by atomic mass is 10.0. The summed E-state index contributed by atoms with van der Waals surface area (Å²) in [6.07, 6.45) is -1.64. The summed E-state index contributed by atoms with van der Waals surface area (Å²) in [7, 11) is 0. The van der Waals surface area contributed by atoms with Gasteiger partial charge in [-0.3, -0.25) is 4.79 Å². The van der Waals surface area contributed by atoms with Gasteiger partial charge in [0.1, 0.15) is 30.8 Å². The lowest BCUT2D eigenvalue weighted by Gasteiger charge is -2.18. The van der Waals surface area contributed by atoms with E-state index in [0.29, 0.717) is 17.4 Å². The van der Waals surface area contributed by atoms with Crippen molar-refractivity contribution in [3.05, 3.63) is 70.3 Å². The first-order valence-electron chi connectivity index (χ1n) is 9.09. The van der Waals surface area contributed by atoms with Crippen LogP contribution in [-0.2, 0) is 17.4 Å². The summed E-state index contributed by atoms with van der Waals surface area (Å²) in [4.78, 5) is 24.4. The third-order valence-corrected chi connectivity index (χ3v) is 4.73. The molecule has 2 aliphatic heterocycles. The minimum absolute atomic E-state index is 0.0994. The Morgan fingerprint density at radius 1 is 1.06 bits per heavy atom. The molecule has 31 heavy (non-hydrogen) atoms. The van der Waals surface area contributed by atoms with Gasteiger partial charge in [-0.2, -0.15) is 13.2 Å². The van der Waals surface area contributed by atoms with Gasteiger partial charge in [0.25, 0.3) is 5.91 Å². The fraction of sp³-hybridized carbons (Fsp3) is 0.238. The largest absolute Gasteiger partial charge is 0.489 e. The molecule has 6 nitrogen and oxygen atoms in total. The molecule has 1 amide bonds. The number of ether oxygens (including phenoxy) is 2. The highest BCUT2D eigenvalue weighted by molar-refractivity contribution is 6.32. The molecule has 1 atom stereocenters. The number of rotatable bonds is 1. The number of carbonyl (C=O) groups excluding carboxylic acids is 1. The van der Waals surface area contributed by atoms with Crippen LogP contribution < -0.4 is 14.8 Å². The Morgan fingerprint density at radius 2 is 1.74 bits per heavy atom. The van der Waals surface area contributed by atoms with Gasteiger partial charge in [-0.15, -0.1) is 0 Å². The van der Waals surface area contributed by atoms with Crippen LogP contribution in [0.25, 0.3) is 0 Å². The molecule has 164 valence electrons. The van der Waals surface area contributed by atoms with Crippen LogP contribution >= 0.6 is 11.6 Å². The van der Waals surface area contributed by atoms with Gasteiger partial charge in [-0.1, -0.05) is 17.7 Å². The monoisotopic (exact) mass is 455 g/mol. The molecule has 2 aromatic carbocycles. The molecular weight excluding hydrogens is 439 g/mol. The fourth-order valence-corrected chi connectivity index (χ4v) is 3.14. The number of halogens is 4. The highest BCUT2D eigenvalue weighted by Crippen LogP contribution is 2.33. The number of hydrogen-bond donors (Lipinski definition) is 2. The van der Waals surface area contributed by atoms with Crippen LogP contribution in [0.5, 0.6) is 11.5 Å². The minimum Gasteiger partial charge on any atom is -0.489 e. The van der Waals surface area contributed by atoms with E-state index < -0.39 is 29.7 Å². The van der Waals surface area contributed by atoms with Gasteiger partial charge in [-0.05, 0) is 48.0 Å². The summed E-state index contributed by atoms with van der Waals surface area (Å²) in [5, 5.41) is 12.1. The van der Waals surface area contributed by atoms with Gasteiger partial charge < -0.3 is 19.9 Å². The second-order valence-corrected chi connectivity index (χ2v) is 7.04. The van der Waals surface area contributed by atoms with E-state index >= 15 is 0 Å². The van der Waals surface area contributed by atoms with Crippen LogP contribution in [0.2, 0.25) is 5.02 Å². The zero-order chi connectivity index (χ0) is 22.6. The third kappa shape index (κ3) is 5.69. The highest BCUT2D eigenvalue weighted by Gasteiger charge is 2.32. The third-order valence-electron chi connectivity index (χ3n) is 4.43. The fourth-order valence-electron chi connectivity index (χ4n) is 2.88. The quantitative estimate of drug-likeness (QED) is 0.632. The van der Waals surface area contributed by atoms with Crippen molar-refractivity contribution in [3.63, 3.8) is 0 Å². The van der Waals surface area contributed by atoms with Crippen molar-refractivity contribution in [2.45, 2.75) is 18.6 Å². The van der Waals surface area contributed by atoms with Gasteiger partial charge in [0.05, 0.1) is 16.1 Å². The molecule has 0 fully saturated rings. The SMILES string of the molecule is O=C1N[C@H](C(=O)O)Cc2ccc(c(Cl)c2)OC/C=C/COc2cc(C(F)(F)F)ccc21. The molecule has 0 aliphatic carbocycles. The Hall–Kier alpha value is -3.20. The van der Waals surface area contributed by atoms with Crippen molar-refractivity contribution in [1.82, 2.24) is 5.32 Å². The van der Waals surface area contributed by atoms with E-state index in [1.54, 1.807) is 18.2 Å². The molecule has 0 saturated carbocycles. The number of amides is 1. The molecule has 0 saturated heterocycles. The zero-order valence-electron chi connectivity index (χ0n) is 15.9. The van der Waals surface area contributed by atoms with Crippen molar-refractivity contribution in [2.24, 2.45) is 0 Å². The molecule has 10 heteroatoms. The molecule has 0 aromatic heterocycles. The van der Waals surface area contributed by atoms with Crippen molar-refractivity contribution in [3.8, 4) is 11.5 Å². The zero-order valence-corrected chi connectivity index (χ0v) is 16.7. The van der Waals surface area contributed by atoms with E-state index in [1.165, 1.54) is 12.1 Å². The van der Waals surface area contributed by atoms with Crippen LogP contribution in [0.1, 0.15) is 21.5 Å². The van der Waals surface area contributed by atoms with E-state index in [-0.39, 0.29) is 36.0 Å². The summed E-state index contributed by atoms with van der Waals surface area (Å²) in [5.74, 6) is -2.14. The number of fused-ring (bicyclic) bond motifs is 9. The Balaban J connectivity index is 1.98. The van der Waals surface area contributed by atoms with Gasteiger partial charge in [-0.25, -0.2) is 4.79 Å². The van der Waals surface area contributed by atoms with E-state index in [2.05, 4.69) is 5.32 Å². The normalized spacial score (nSPS) is 18.3. The first-order valence-corrected chi connectivity index (χ1v) is 9.47. The predicted molar refractivity (Wildman–Crippen MR) is 106 cm³/mol. The summed E-state index contributed by atoms with van der Waals surface area (Å²) in [6, 6.07) is 5.77. The molecule has 2 aliphatic rings. The summed E-state index contributed by atoms with van der Waals surface area (Å²) < 4.78 is 50.1. The second-order valence-electron chi connectivity index (χ2n) is 6.64. The predicted octanol–water partition coefficient (Wildman–Crippen LogP) is 4.11. The standard InChI is InChI=1S/C21H17ClF3NO5/c22-15-9-12-3-6-17(15)30-7-1-2-8-31-18-11-13(21(23,24)25)4-5-14(18)19(27)26-16(10-12)20(28)29/h1-6,9,11,16H,7-8,10H2,(H,26,27)(H,28,29)/b2-1+/t16-/m0/s1. The lowest BCUT2D eigenvalue weighted by molar-refractivity contribution is -0.139. The molecule has 2 N–H and O–H groups in total. The molecule has 0 unspecified atom stereocenters. The molecule has 0 radical (unpaired) electrons. The molecule has 2 bridgehead atoms. The van der Waals surface area contributed by atoms with Gasteiger partial charge in [0, 0.05) is 6.42 Å². The number of carboxylic acids is 1. The molecule has 0 spiro atoms. The summed E-state index contributed by atoms with van der Waals surface area (Å²) in [6.45, 7) is -0.0178. The highest BCUT2D eigenvalue weighted by atomic mass is 35.5. The van der Waals surface area contributed by atoms with E-state index in [1.807, 2.05) is 0 Å². The first kappa shape index (κ1) is 22.5. The average molecular weight is 456 g/mol. The number of hydrogen-bond acceptors (Lipinski definition) is 4. The number of nitrogens with one attached hydrogen (secondary N) is 1. The average Bonchev–Trinajstić information content (AvgIpc) is 2.69. The number of carboxylic acid groups (broad SMARTS) is 1. The number of benzene rings is 2. The Labute approximate surface area is 180 Å². The number of aliphatic carboxylic acids is 1. The second kappa shape index (κ2) is 9.30. The van der Waals surface area contributed by atoms with Crippen molar-refractivity contribution < 1.29 is 37.3 Å². The number of alkyl halides is 3. The molecular formula is C21H17ClF3NO5. The van der Waals surface area contributed by atoms with Crippen LogP contribution in [-0.4, -0.2) is 36.2 Å². The maximum Gasteiger partial charge on any atom is 0.416 e. The van der Waals surface area contributed by atoms with Crippen molar-refractivity contribution in [1.29, 1.82) is 0 Å². The van der Waals surface area contributed by atoms with Crippen molar-refractivity contribution >= 4 is 23.5 Å². The maximum absolute atomic E-state index is 13.1. The van der Waals surface area contributed by atoms with Crippen LogP contribution in [0.3, 0.4) is 0 Å². The molecule has 2 aromatic rings. The lowest BCUT2D eigenvalue weighted by Crippen LogP contribution is -2.42.